The van der Waals surface area contributed by atoms with Crippen LogP contribution in [0.1, 0.15) is 5.56 Å². The van der Waals surface area contributed by atoms with Gasteiger partial charge < -0.3 is 10.1 Å². The van der Waals surface area contributed by atoms with E-state index in [0.717, 1.165) is 0 Å². The fourth-order valence-electron chi connectivity index (χ4n) is 1.36. The molecule has 5 nitrogen and oxygen atoms in total. The quantitative estimate of drug-likeness (QED) is 0.926. The Bertz CT molecular complexity index is 657. The average Bonchev–Trinajstić information content (AvgIpc) is 2.43. The average molecular weight is 340 g/mol. The van der Waals surface area contributed by atoms with Crippen LogP contribution in [0, 0.1) is 11.3 Å². The number of hydrogen-bond donors (Lipinski definition) is 1. The molecule has 1 aromatic carbocycles. The molecule has 0 amide bonds. The molecule has 0 radical (unpaired) electrons. The van der Waals surface area contributed by atoms with E-state index in [4.69, 9.17) is 21.6 Å². The van der Waals surface area contributed by atoms with Gasteiger partial charge in [-0.1, -0.05) is 11.6 Å². The number of rotatable bonds is 3. The van der Waals surface area contributed by atoms with Crippen LogP contribution in [0.3, 0.4) is 0 Å². The Labute approximate surface area is 123 Å². The van der Waals surface area contributed by atoms with Gasteiger partial charge >= 0.3 is 0 Å². The Morgan fingerprint density at radius 3 is 2.89 bits per heavy atom. The van der Waals surface area contributed by atoms with Gasteiger partial charge in [0, 0.05) is 0 Å². The molecule has 0 fully saturated rings. The molecule has 0 saturated carbocycles. The highest BCUT2D eigenvalue weighted by Gasteiger charge is 2.07. The van der Waals surface area contributed by atoms with E-state index in [1.54, 1.807) is 24.4 Å². The first-order valence-electron chi connectivity index (χ1n) is 5.17. The normalized spacial score (nSPS) is 9.79. The zero-order valence-corrected chi connectivity index (χ0v) is 12.2. The number of halogens is 2. The fraction of sp³-hybridized carbons (Fsp3) is 0.0833. The van der Waals surface area contributed by atoms with Crippen molar-refractivity contribution < 1.29 is 4.74 Å². The molecule has 1 heterocycles. The van der Waals surface area contributed by atoms with Gasteiger partial charge in [0.25, 0.3) is 0 Å². The summed E-state index contributed by atoms with van der Waals surface area (Å²) >= 11 is 9.32. The molecule has 19 heavy (non-hydrogen) atoms. The van der Waals surface area contributed by atoms with Crippen LogP contribution in [-0.2, 0) is 0 Å². The first-order chi connectivity index (χ1) is 9.13. The number of anilines is 2. The zero-order chi connectivity index (χ0) is 13.8. The zero-order valence-electron chi connectivity index (χ0n) is 9.82. The van der Waals surface area contributed by atoms with Crippen LogP contribution >= 0.6 is 27.5 Å². The third kappa shape index (κ3) is 3.13. The molecule has 0 aliphatic heterocycles. The molecule has 0 bridgehead atoms. The van der Waals surface area contributed by atoms with Crippen molar-refractivity contribution in [1.29, 1.82) is 5.26 Å². The smallest absolute Gasteiger partial charge is 0.232 e. The molecule has 0 unspecified atom stereocenters. The van der Waals surface area contributed by atoms with Crippen molar-refractivity contribution in [2.24, 2.45) is 0 Å². The van der Waals surface area contributed by atoms with Gasteiger partial charge in [-0.05, 0) is 34.1 Å². The van der Waals surface area contributed by atoms with Gasteiger partial charge in [-0.2, -0.15) is 10.2 Å². The fourth-order valence-corrected chi connectivity index (χ4v) is 1.94. The molecule has 1 N–H and O–H groups in total. The Hall–Kier alpha value is -1.84. The molecule has 2 aromatic rings. The highest BCUT2D eigenvalue weighted by Crippen LogP contribution is 2.27. The number of benzene rings is 1. The summed E-state index contributed by atoms with van der Waals surface area (Å²) in [6.45, 7) is 0. The summed E-state index contributed by atoms with van der Waals surface area (Å²) in [4.78, 5) is 8.25. The first-order valence-corrected chi connectivity index (χ1v) is 6.34. The number of methoxy groups -OCH3 is 1. The van der Waals surface area contributed by atoms with Crippen molar-refractivity contribution in [2.45, 2.75) is 0 Å². The van der Waals surface area contributed by atoms with Crippen LogP contribution in [0.15, 0.2) is 28.9 Å². The maximum atomic E-state index is 8.77. The second-order valence-corrected chi connectivity index (χ2v) is 4.74. The van der Waals surface area contributed by atoms with Gasteiger partial charge in [-0.25, -0.2) is 4.98 Å². The van der Waals surface area contributed by atoms with Crippen LogP contribution in [0.5, 0.6) is 5.88 Å². The predicted octanol–water partition coefficient (Wildman–Crippen LogP) is 3.52. The number of nitrogens with one attached hydrogen (secondary N) is 1. The minimum absolute atomic E-state index is 0.353. The number of aromatic nitrogens is 2. The van der Waals surface area contributed by atoms with E-state index in [9.17, 15) is 0 Å². The van der Waals surface area contributed by atoms with Gasteiger partial charge in [0.2, 0.25) is 11.8 Å². The van der Waals surface area contributed by atoms with Gasteiger partial charge in [0.1, 0.15) is 0 Å². The maximum absolute atomic E-state index is 8.77. The summed E-state index contributed by atoms with van der Waals surface area (Å²) in [5.74, 6) is 0.772. The Morgan fingerprint density at radius 2 is 2.26 bits per heavy atom. The lowest BCUT2D eigenvalue weighted by Crippen LogP contribution is -2.00. The van der Waals surface area contributed by atoms with E-state index >= 15 is 0 Å². The van der Waals surface area contributed by atoms with Crippen LogP contribution in [-0.4, -0.2) is 17.1 Å². The molecular weight excluding hydrogens is 332 g/mol. The molecule has 96 valence electrons. The summed E-state index contributed by atoms with van der Waals surface area (Å²) in [6.07, 6.45) is 1.58. The molecular formula is C12H8BrClN4O. The van der Waals surface area contributed by atoms with E-state index < -0.39 is 0 Å². The van der Waals surface area contributed by atoms with Crippen molar-refractivity contribution in [3.63, 3.8) is 0 Å². The molecule has 0 aliphatic rings. The summed E-state index contributed by atoms with van der Waals surface area (Å²) in [5, 5.41) is 12.1. The van der Waals surface area contributed by atoms with Crippen molar-refractivity contribution in [3.8, 4) is 11.9 Å². The molecule has 0 atom stereocenters. The van der Waals surface area contributed by atoms with E-state index in [2.05, 4.69) is 31.2 Å². The highest BCUT2D eigenvalue weighted by molar-refractivity contribution is 9.10. The van der Waals surface area contributed by atoms with E-state index in [1.807, 2.05) is 6.07 Å². The monoisotopic (exact) mass is 338 g/mol. The minimum atomic E-state index is 0.353. The summed E-state index contributed by atoms with van der Waals surface area (Å²) < 4.78 is 5.73. The maximum Gasteiger partial charge on any atom is 0.232 e. The Balaban J connectivity index is 2.29. The standard InChI is InChI=1S/C12H8BrClN4O/c1-19-11-8(13)6-16-12(18-11)17-10-3-2-7(5-15)4-9(10)14/h2-4,6H,1H3,(H,16,17,18). The SMILES string of the molecule is COc1nc(Nc2ccc(C#N)cc2Cl)ncc1Br. The molecule has 0 spiro atoms. The Morgan fingerprint density at radius 1 is 1.47 bits per heavy atom. The van der Waals surface area contributed by atoms with Crippen molar-refractivity contribution in [1.82, 2.24) is 9.97 Å². The third-order valence-electron chi connectivity index (χ3n) is 2.25. The topological polar surface area (TPSA) is 70.8 Å². The summed E-state index contributed by atoms with van der Waals surface area (Å²) in [7, 11) is 1.52. The van der Waals surface area contributed by atoms with E-state index in [1.165, 1.54) is 7.11 Å². The molecule has 1 aromatic heterocycles. The lowest BCUT2D eigenvalue weighted by molar-refractivity contribution is 0.394. The molecule has 0 aliphatic carbocycles. The van der Waals surface area contributed by atoms with E-state index in [0.29, 0.717) is 32.6 Å². The van der Waals surface area contributed by atoms with Gasteiger partial charge in [-0.15, -0.1) is 0 Å². The van der Waals surface area contributed by atoms with Crippen LogP contribution < -0.4 is 10.1 Å². The Kier molecular flexibility index (Phi) is 4.20. The lowest BCUT2D eigenvalue weighted by atomic mass is 10.2. The second-order valence-electron chi connectivity index (χ2n) is 3.48. The molecule has 2 rings (SSSR count). The van der Waals surface area contributed by atoms with Crippen LogP contribution in [0.2, 0.25) is 5.02 Å². The number of nitrogens with zero attached hydrogens (tertiary/aromatic N) is 3. The highest BCUT2D eigenvalue weighted by atomic mass is 79.9. The minimum Gasteiger partial charge on any atom is -0.480 e. The van der Waals surface area contributed by atoms with Gasteiger partial charge in [0.05, 0.1) is 40.1 Å². The second kappa shape index (κ2) is 5.87. The molecule has 7 heteroatoms. The van der Waals surface area contributed by atoms with E-state index in [-0.39, 0.29) is 0 Å². The number of ether oxygens (including phenoxy) is 1. The van der Waals surface area contributed by atoms with Crippen LogP contribution in [0.25, 0.3) is 0 Å². The third-order valence-corrected chi connectivity index (χ3v) is 3.11. The lowest BCUT2D eigenvalue weighted by Gasteiger charge is -2.08. The van der Waals surface area contributed by atoms with Crippen molar-refractivity contribution >= 4 is 39.2 Å². The van der Waals surface area contributed by atoms with Crippen LogP contribution in [0.4, 0.5) is 11.6 Å². The van der Waals surface area contributed by atoms with Crippen molar-refractivity contribution in [3.05, 3.63) is 39.5 Å². The van der Waals surface area contributed by atoms with Crippen molar-refractivity contribution in [2.75, 3.05) is 12.4 Å². The number of nitriles is 1. The number of hydrogen-bond acceptors (Lipinski definition) is 5. The van der Waals surface area contributed by atoms with Gasteiger partial charge in [-0.3, -0.25) is 0 Å². The molecule has 0 saturated heterocycles. The predicted molar refractivity (Wildman–Crippen MR) is 75.7 cm³/mol. The van der Waals surface area contributed by atoms with Gasteiger partial charge in [0.15, 0.2) is 0 Å². The summed E-state index contributed by atoms with van der Waals surface area (Å²) in [6, 6.07) is 6.93. The summed E-state index contributed by atoms with van der Waals surface area (Å²) in [5.41, 5.74) is 1.11. The largest absolute Gasteiger partial charge is 0.480 e. The first kappa shape index (κ1) is 13.6.